The van der Waals surface area contributed by atoms with Crippen molar-refractivity contribution in [1.29, 1.82) is 0 Å². The molecule has 0 fully saturated rings. The summed E-state index contributed by atoms with van der Waals surface area (Å²) < 4.78 is 5.60. The smallest absolute Gasteiger partial charge is 0.226 e. The van der Waals surface area contributed by atoms with Crippen LogP contribution in [0.5, 0.6) is 0 Å². The van der Waals surface area contributed by atoms with Gasteiger partial charge in [-0.25, -0.2) is 0 Å². The third-order valence-electron chi connectivity index (χ3n) is 4.08. The number of nitrogens with one attached hydrogen (secondary N) is 1. The van der Waals surface area contributed by atoms with Gasteiger partial charge in [0.2, 0.25) is 16.8 Å². The molecule has 0 spiro atoms. The number of hydrogen-bond donors (Lipinski definition) is 2. The van der Waals surface area contributed by atoms with E-state index in [2.05, 4.69) is 10.2 Å². The van der Waals surface area contributed by atoms with Crippen LogP contribution in [0.1, 0.15) is 22.3 Å². The van der Waals surface area contributed by atoms with Crippen molar-refractivity contribution in [2.45, 2.75) is 13.8 Å². The van der Waals surface area contributed by atoms with Crippen molar-refractivity contribution >= 4 is 40.2 Å². The highest BCUT2D eigenvalue weighted by Crippen LogP contribution is 2.17. The van der Waals surface area contributed by atoms with Gasteiger partial charge in [-0.1, -0.05) is 60.3 Å². The highest BCUT2D eigenvalue weighted by atomic mass is 79.9. The van der Waals surface area contributed by atoms with Crippen LogP contribution in [0.4, 0.5) is 0 Å². The Morgan fingerprint density at radius 3 is 2.76 bits per heavy atom. The minimum atomic E-state index is -0.0986. The van der Waals surface area contributed by atoms with Crippen LogP contribution in [0.3, 0.4) is 0 Å². The first kappa shape index (κ1) is 22.6. The van der Waals surface area contributed by atoms with Crippen molar-refractivity contribution in [2.75, 3.05) is 5.75 Å². The number of hydrazone groups is 1. The van der Waals surface area contributed by atoms with E-state index in [-0.39, 0.29) is 22.4 Å². The molecule has 0 radical (unpaired) electrons. The van der Waals surface area contributed by atoms with Gasteiger partial charge in [0.25, 0.3) is 0 Å². The topological polar surface area (TPSA) is 82.6 Å². The van der Waals surface area contributed by atoms with Gasteiger partial charge in [0.1, 0.15) is 17.4 Å². The average Bonchev–Trinajstić information content (AvgIpc) is 2.67. The molecule has 0 unspecified atom stereocenters. The fourth-order valence-corrected chi connectivity index (χ4v) is 3.30. The van der Waals surface area contributed by atoms with Crippen molar-refractivity contribution in [3.8, 4) is 0 Å². The summed E-state index contributed by atoms with van der Waals surface area (Å²) in [5.74, 6) is 0.697. The Labute approximate surface area is 184 Å². The largest absolute Gasteiger partial charge is 1.00 e. The second-order valence-corrected chi connectivity index (χ2v) is 7.36. The first-order valence-electron chi connectivity index (χ1n) is 8.83. The van der Waals surface area contributed by atoms with E-state index in [0.29, 0.717) is 27.5 Å². The molecular weight excluding hydrogens is 450 g/mol. The number of amidine groups is 1. The first-order valence-corrected chi connectivity index (χ1v) is 9.82. The van der Waals surface area contributed by atoms with E-state index in [1.54, 1.807) is 0 Å². The lowest BCUT2D eigenvalue weighted by Crippen LogP contribution is -3.00. The van der Waals surface area contributed by atoms with Crippen LogP contribution in [0, 0.1) is 13.8 Å². The number of thioether (sulfide) groups is 1. The second-order valence-electron chi connectivity index (χ2n) is 6.32. The third-order valence-corrected chi connectivity index (χ3v) is 4.82. The molecule has 0 saturated carbocycles. The number of rotatable bonds is 5. The molecule has 0 atom stereocenters. The normalized spacial score (nSPS) is 12.0. The molecule has 0 saturated heterocycles. The fourth-order valence-electron chi connectivity index (χ4n) is 2.82. The van der Waals surface area contributed by atoms with E-state index >= 15 is 0 Å². The molecule has 29 heavy (non-hydrogen) atoms. The lowest BCUT2D eigenvalue weighted by molar-refractivity contribution is -0.456. The van der Waals surface area contributed by atoms with E-state index in [1.165, 1.54) is 24.2 Å². The molecule has 0 amide bonds. The van der Waals surface area contributed by atoms with Crippen LogP contribution in [-0.2, 0) is 0 Å². The van der Waals surface area contributed by atoms with Crippen molar-refractivity contribution < 1.29 is 26.5 Å². The predicted octanol–water partition coefficient (Wildman–Crippen LogP) is -0.410. The predicted molar refractivity (Wildman–Crippen MR) is 118 cm³/mol. The monoisotopic (exact) mass is 471 g/mol. The van der Waals surface area contributed by atoms with E-state index in [0.717, 1.165) is 16.7 Å². The molecule has 5 nitrogen and oxygen atoms in total. The third kappa shape index (κ3) is 6.17. The molecule has 1 heterocycles. The summed E-state index contributed by atoms with van der Waals surface area (Å²) in [5.41, 5.74) is 9.85. The molecule has 0 aliphatic heterocycles. The van der Waals surface area contributed by atoms with Gasteiger partial charge < -0.3 is 27.1 Å². The summed E-state index contributed by atoms with van der Waals surface area (Å²) in [6, 6.07) is 13.9. The van der Waals surface area contributed by atoms with Gasteiger partial charge >= 0.3 is 0 Å². The minimum absolute atomic E-state index is 0. The molecule has 3 N–H and O–H groups in total. The first-order chi connectivity index (χ1) is 13.5. The van der Waals surface area contributed by atoms with E-state index in [4.69, 9.17) is 10.2 Å². The summed E-state index contributed by atoms with van der Waals surface area (Å²) >= 11 is 1.40. The lowest BCUT2D eigenvalue weighted by Gasteiger charge is -2.02. The zero-order valence-electron chi connectivity index (χ0n) is 16.2. The summed E-state index contributed by atoms with van der Waals surface area (Å²) in [6.07, 6.45) is 6.98. The zero-order valence-corrected chi connectivity index (χ0v) is 18.6. The van der Waals surface area contributed by atoms with Crippen molar-refractivity contribution in [3.63, 3.8) is 0 Å². The number of aryl methyl sites for hydroxylation is 2. The van der Waals surface area contributed by atoms with Crippen LogP contribution >= 0.6 is 11.8 Å². The molecule has 0 bridgehead atoms. The highest BCUT2D eigenvalue weighted by molar-refractivity contribution is 8.13. The molecule has 7 heteroatoms. The van der Waals surface area contributed by atoms with Crippen LogP contribution in [0.2, 0.25) is 0 Å². The second kappa shape index (κ2) is 10.8. The zero-order chi connectivity index (χ0) is 19.9. The van der Waals surface area contributed by atoms with Crippen LogP contribution < -0.4 is 33.2 Å². The molecule has 0 aliphatic carbocycles. The maximum Gasteiger partial charge on any atom is 0.226 e. The lowest BCUT2D eigenvalue weighted by atomic mass is 10.1. The molecule has 3 rings (SSSR count). The van der Waals surface area contributed by atoms with Gasteiger partial charge in [0.05, 0.1) is 5.39 Å². The number of halogens is 1. The fraction of sp³-hybridized carbons (Fsp3) is 0.136. The molecule has 0 aliphatic rings. The highest BCUT2D eigenvalue weighted by Gasteiger charge is 2.10. The minimum Gasteiger partial charge on any atom is -1.00 e. The Morgan fingerprint density at radius 1 is 1.24 bits per heavy atom. The van der Waals surface area contributed by atoms with Crippen LogP contribution in [-0.4, -0.2) is 17.1 Å². The molecule has 150 valence electrons. The van der Waals surface area contributed by atoms with Gasteiger partial charge in [-0.05, 0) is 36.6 Å². The number of nitrogens with zero attached hydrogens (tertiary/aromatic N) is 1. The van der Waals surface area contributed by atoms with E-state index in [9.17, 15) is 4.79 Å². The molecule has 2 aromatic carbocycles. The molecular formula is C22H22BrN3O2S. The summed E-state index contributed by atoms with van der Waals surface area (Å²) in [5, 5.41) is 7.75. The number of nitrogens with two attached hydrogens (primary N) is 1. The SMILES string of the molecule is Cc1cc(C)c2c(=O)c(C=[NH+]N=C(N)SCC=Cc3ccccc3)coc2c1.[Br-]. The summed E-state index contributed by atoms with van der Waals surface area (Å²) in [6.45, 7) is 3.87. The number of hydrogen-bond acceptors (Lipinski definition) is 4. The van der Waals surface area contributed by atoms with Crippen molar-refractivity contribution in [3.05, 3.63) is 87.3 Å². The van der Waals surface area contributed by atoms with Gasteiger partial charge in [0.15, 0.2) is 0 Å². The Morgan fingerprint density at radius 2 is 2.00 bits per heavy atom. The van der Waals surface area contributed by atoms with Gasteiger partial charge in [-0.3, -0.25) is 4.79 Å². The number of benzene rings is 2. The van der Waals surface area contributed by atoms with Crippen LogP contribution in [0.25, 0.3) is 17.0 Å². The van der Waals surface area contributed by atoms with E-state index < -0.39 is 0 Å². The van der Waals surface area contributed by atoms with Crippen molar-refractivity contribution in [2.24, 2.45) is 10.8 Å². The van der Waals surface area contributed by atoms with Gasteiger partial charge in [-0.15, -0.1) is 5.10 Å². The maximum atomic E-state index is 12.7. The van der Waals surface area contributed by atoms with E-state index in [1.807, 2.05) is 68.5 Å². The van der Waals surface area contributed by atoms with Gasteiger partial charge in [0, 0.05) is 10.9 Å². The summed E-state index contributed by atoms with van der Waals surface area (Å²) in [7, 11) is 0. The molecule has 3 aromatic rings. The molecule has 1 aromatic heterocycles. The Bertz CT molecular complexity index is 1120. The quantitative estimate of drug-likeness (QED) is 0.301. The Hall–Kier alpha value is -2.64. The Kier molecular flexibility index (Phi) is 8.42. The summed E-state index contributed by atoms with van der Waals surface area (Å²) in [4.78, 5) is 12.7. The van der Waals surface area contributed by atoms with Crippen LogP contribution in [0.15, 0.2) is 69.1 Å². The standard InChI is InChI=1S/C22H21N3O2S.BrH/c1-15-11-16(2)20-19(12-15)27-14-18(21(20)26)13-24-25-22(23)28-10-6-9-17-7-4-3-5-8-17;/h3-9,11-14H,10H2,1-2H3,(H2,23,25);1H. The average molecular weight is 472 g/mol. The number of fused-ring (bicyclic) bond motifs is 1. The maximum absolute atomic E-state index is 12.7. The van der Waals surface area contributed by atoms with Gasteiger partial charge in [-0.2, -0.15) is 0 Å². The van der Waals surface area contributed by atoms with Crippen molar-refractivity contribution in [1.82, 2.24) is 0 Å². The Balaban J connectivity index is 0.00000300.